The van der Waals surface area contributed by atoms with Crippen molar-refractivity contribution < 1.29 is 24.2 Å². The van der Waals surface area contributed by atoms with Crippen molar-refractivity contribution in [1.82, 2.24) is 29.7 Å². The molecule has 1 atom stereocenters. The van der Waals surface area contributed by atoms with E-state index in [1.807, 2.05) is 6.07 Å². The molecule has 4 heterocycles. The number of fused-ring (bicyclic) bond motifs is 1. The number of piperidine rings is 1. The smallest absolute Gasteiger partial charge is 0.323 e. The summed E-state index contributed by atoms with van der Waals surface area (Å²) in [5.41, 5.74) is 3.22. The molecule has 1 unspecified atom stereocenters. The Morgan fingerprint density at radius 3 is 2.65 bits per heavy atom. The van der Waals surface area contributed by atoms with Gasteiger partial charge in [0.05, 0.1) is 29.4 Å². The third-order valence-electron chi connectivity index (χ3n) is 7.34. The lowest BCUT2D eigenvalue weighted by Crippen LogP contribution is -2.48. The van der Waals surface area contributed by atoms with E-state index in [2.05, 4.69) is 20.9 Å². The number of ether oxygens (including phenoxy) is 2. The molecule has 2 aromatic heterocycles. The van der Waals surface area contributed by atoms with Gasteiger partial charge in [0.2, 0.25) is 0 Å². The van der Waals surface area contributed by atoms with Crippen molar-refractivity contribution in [2.24, 2.45) is 0 Å². The number of allylic oxidation sites excluding steroid dienone is 1. The Labute approximate surface area is 220 Å². The predicted molar refractivity (Wildman–Crippen MR) is 138 cm³/mol. The molecule has 2 aliphatic heterocycles. The van der Waals surface area contributed by atoms with E-state index in [0.29, 0.717) is 54.2 Å². The number of aromatic nitrogens is 3. The average Bonchev–Trinajstić information content (AvgIpc) is 3.29. The minimum absolute atomic E-state index is 0.109. The topological polar surface area (TPSA) is 124 Å². The molecule has 0 bridgehead atoms. The maximum atomic E-state index is 12.4. The number of imidazole rings is 1. The highest BCUT2D eigenvalue weighted by Gasteiger charge is 2.28. The maximum Gasteiger partial charge on any atom is 0.323 e. The highest BCUT2D eigenvalue weighted by Crippen LogP contribution is 2.34. The van der Waals surface area contributed by atoms with E-state index in [-0.39, 0.29) is 18.7 Å². The monoisotopic (exact) mass is 532 g/mol. The number of morpholine rings is 1. The molecule has 2 amide bonds. The number of hydrogen-bond donors (Lipinski definition) is 2. The van der Waals surface area contributed by atoms with Crippen LogP contribution < -0.4 is 4.74 Å². The minimum atomic E-state index is -1.03. The number of carboxylic acid groups (broad SMARTS) is 1. The van der Waals surface area contributed by atoms with Gasteiger partial charge in [-0.3, -0.25) is 9.69 Å². The third-order valence-corrected chi connectivity index (χ3v) is 7.63. The van der Waals surface area contributed by atoms with Crippen LogP contribution >= 0.6 is 11.6 Å². The van der Waals surface area contributed by atoms with E-state index in [9.17, 15) is 9.59 Å². The summed E-state index contributed by atoms with van der Waals surface area (Å²) in [7, 11) is 1.49. The quantitative estimate of drug-likeness (QED) is 0.582. The lowest BCUT2D eigenvalue weighted by molar-refractivity contribution is -0.137. The SMILES string of the molecule is CN(CC(=O)O)C(=O)N1CCC(Oc2nc3nc(C4=CCC(N5CCOCC5)CC4)c(Cl)cc3[nH]2)CC1. The summed E-state index contributed by atoms with van der Waals surface area (Å²) in [6.07, 6.45) is 6.38. The summed E-state index contributed by atoms with van der Waals surface area (Å²) >= 11 is 6.63. The molecule has 5 rings (SSSR count). The molecular formula is C25H33ClN6O5. The number of amides is 2. The molecule has 2 saturated heterocycles. The molecule has 12 heteroatoms. The summed E-state index contributed by atoms with van der Waals surface area (Å²) < 4.78 is 11.6. The van der Waals surface area contributed by atoms with E-state index in [1.54, 1.807) is 4.90 Å². The number of carbonyl (C=O) groups excluding carboxylic acids is 1. The van der Waals surface area contributed by atoms with Crippen molar-refractivity contribution in [2.75, 3.05) is 53.0 Å². The number of nitrogens with one attached hydrogen (secondary N) is 1. The number of pyridine rings is 1. The second kappa shape index (κ2) is 11.2. The number of likely N-dealkylation sites (tertiary alicyclic amines) is 1. The van der Waals surface area contributed by atoms with Crippen molar-refractivity contribution in [3.05, 3.63) is 22.9 Å². The van der Waals surface area contributed by atoms with Gasteiger partial charge in [0.25, 0.3) is 6.01 Å². The number of carbonyl (C=O) groups is 2. The Kier molecular flexibility index (Phi) is 7.82. The van der Waals surface area contributed by atoms with E-state index in [1.165, 1.54) is 11.9 Å². The van der Waals surface area contributed by atoms with Crippen LogP contribution in [0.1, 0.15) is 37.8 Å². The molecule has 11 nitrogen and oxygen atoms in total. The predicted octanol–water partition coefficient (Wildman–Crippen LogP) is 2.86. The Morgan fingerprint density at radius 2 is 1.97 bits per heavy atom. The van der Waals surface area contributed by atoms with Gasteiger partial charge >= 0.3 is 12.0 Å². The summed E-state index contributed by atoms with van der Waals surface area (Å²) in [5.74, 6) is -1.03. The van der Waals surface area contributed by atoms with Crippen LogP contribution in [0, 0.1) is 0 Å². The first-order valence-electron chi connectivity index (χ1n) is 12.8. The fraction of sp³-hybridized carbons (Fsp3) is 0.600. The van der Waals surface area contributed by atoms with Gasteiger partial charge in [-0.15, -0.1) is 0 Å². The van der Waals surface area contributed by atoms with Gasteiger partial charge in [-0.1, -0.05) is 17.7 Å². The fourth-order valence-electron chi connectivity index (χ4n) is 5.32. The number of likely N-dealkylation sites (N-methyl/N-ethyl adjacent to an activating group) is 1. The molecule has 2 aromatic rings. The van der Waals surface area contributed by atoms with Crippen molar-refractivity contribution in [1.29, 1.82) is 0 Å². The van der Waals surface area contributed by atoms with Crippen LogP contribution in [0.5, 0.6) is 6.01 Å². The number of hydrogen-bond acceptors (Lipinski definition) is 7. The second-order valence-corrected chi connectivity index (χ2v) is 10.3. The largest absolute Gasteiger partial charge is 0.480 e. The number of aromatic amines is 1. The molecule has 200 valence electrons. The van der Waals surface area contributed by atoms with Gasteiger partial charge in [-0.2, -0.15) is 4.98 Å². The van der Waals surface area contributed by atoms with Crippen LogP contribution in [0.2, 0.25) is 5.02 Å². The van der Waals surface area contributed by atoms with Crippen molar-refractivity contribution in [3.63, 3.8) is 0 Å². The van der Waals surface area contributed by atoms with Crippen LogP contribution in [0.25, 0.3) is 16.7 Å². The van der Waals surface area contributed by atoms with Gasteiger partial charge in [0.15, 0.2) is 5.65 Å². The number of carboxylic acids is 1. The number of aliphatic carboxylic acids is 1. The zero-order valence-corrected chi connectivity index (χ0v) is 21.7. The highest BCUT2D eigenvalue weighted by molar-refractivity contribution is 6.32. The molecule has 0 saturated carbocycles. The van der Waals surface area contributed by atoms with Crippen molar-refractivity contribution in [3.8, 4) is 6.01 Å². The minimum Gasteiger partial charge on any atom is -0.480 e. The van der Waals surface area contributed by atoms with E-state index in [0.717, 1.165) is 56.8 Å². The maximum absolute atomic E-state index is 12.4. The Bertz CT molecular complexity index is 1170. The van der Waals surface area contributed by atoms with Gasteiger partial charge in [0, 0.05) is 52.1 Å². The van der Waals surface area contributed by atoms with E-state index >= 15 is 0 Å². The molecule has 0 radical (unpaired) electrons. The molecule has 1 aliphatic carbocycles. The van der Waals surface area contributed by atoms with Crippen LogP contribution in [0.4, 0.5) is 4.79 Å². The van der Waals surface area contributed by atoms with E-state index < -0.39 is 5.97 Å². The number of H-pyrrole nitrogens is 1. The van der Waals surface area contributed by atoms with Crippen molar-refractivity contribution in [2.45, 2.75) is 44.2 Å². The van der Waals surface area contributed by atoms with E-state index in [4.69, 9.17) is 31.2 Å². The molecular weight excluding hydrogens is 500 g/mol. The summed E-state index contributed by atoms with van der Waals surface area (Å²) in [6, 6.07) is 2.49. The van der Waals surface area contributed by atoms with Gasteiger partial charge in [-0.25, -0.2) is 9.78 Å². The first-order chi connectivity index (χ1) is 17.9. The van der Waals surface area contributed by atoms with Crippen LogP contribution in [0.15, 0.2) is 12.1 Å². The highest BCUT2D eigenvalue weighted by atomic mass is 35.5. The molecule has 2 fully saturated rings. The van der Waals surface area contributed by atoms with Gasteiger partial charge in [0.1, 0.15) is 12.6 Å². The Balaban J connectivity index is 1.20. The standard InChI is InChI=1S/C25H33ClN6O5/c1-30(15-21(33)34)25(35)32-8-6-18(7-9-32)37-24-27-20-14-19(26)22(28-23(20)29-24)16-2-4-17(5-3-16)31-10-12-36-13-11-31/h2,14,17-18H,3-13,15H2,1H3,(H,33,34)(H,27,28,29). The molecule has 0 spiro atoms. The Hall–Kier alpha value is -2.89. The molecule has 0 aromatic carbocycles. The first-order valence-corrected chi connectivity index (χ1v) is 13.2. The van der Waals surface area contributed by atoms with Crippen LogP contribution in [0.3, 0.4) is 0 Å². The number of halogens is 1. The zero-order chi connectivity index (χ0) is 25.9. The van der Waals surface area contributed by atoms with Gasteiger partial charge < -0.3 is 29.4 Å². The molecule has 2 N–H and O–H groups in total. The lowest BCUT2D eigenvalue weighted by Gasteiger charge is -2.36. The normalized spacial score (nSPS) is 21.6. The Morgan fingerprint density at radius 1 is 1.22 bits per heavy atom. The molecule has 37 heavy (non-hydrogen) atoms. The average molecular weight is 533 g/mol. The summed E-state index contributed by atoms with van der Waals surface area (Å²) in [4.78, 5) is 41.1. The lowest BCUT2D eigenvalue weighted by atomic mass is 9.92. The summed E-state index contributed by atoms with van der Waals surface area (Å²) in [5, 5.41) is 9.49. The third kappa shape index (κ3) is 6.00. The number of nitrogens with zero attached hydrogens (tertiary/aromatic N) is 5. The van der Waals surface area contributed by atoms with Crippen LogP contribution in [-0.2, 0) is 9.53 Å². The fourth-order valence-corrected chi connectivity index (χ4v) is 5.59. The van der Waals surface area contributed by atoms with Crippen LogP contribution in [-0.4, -0.2) is 112 Å². The first kappa shape index (κ1) is 25.7. The second-order valence-electron chi connectivity index (χ2n) is 9.87. The molecule has 3 aliphatic rings. The number of urea groups is 1. The van der Waals surface area contributed by atoms with Crippen molar-refractivity contribution >= 4 is 40.3 Å². The zero-order valence-electron chi connectivity index (χ0n) is 21.0. The van der Waals surface area contributed by atoms with Gasteiger partial charge in [-0.05, 0) is 30.9 Å². The summed E-state index contributed by atoms with van der Waals surface area (Å²) in [6.45, 7) is 4.25. The number of rotatable bonds is 6.